The second-order valence-electron chi connectivity index (χ2n) is 3.35. The summed E-state index contributed by atoms with van der Waals surface area (Å²) in [7, 11) is 8.17. The van der Waals surface area contributed by atoms with E-state index in [2.05, 4.69) is 11.9 Å². The van der Waals surface area contributed by atoms with E-state index in [1.54, 1.807) is 0 Å². The predicted molar refractivity (Wildman–Crippen MR) is 57.7 cm³/mol. The minimum absolute atomic E-state index is 1.32. The average Bonchev–Trinajstić information content (AvgIpc) is 2.43. The molecule has 0 unspecified atom stereocenters. The first-order valence-electron chi connectivity index (χ1n) is 4.92. The van der Waals surface area contributed by atoms with Gasteiger partial charge in [0, 0.05) is 0 Å². The van der Waals surface area contributed by atoms with Gasteiger partial charge in [0.05, 0.1) is 0 Å². The highest BCUT2D eigenvalue weighted by Crippen LogP contribution is 2.01. The molecular formula is C10H26N2. The van der Waals surface area contributed by atoms with Crippen LogP contribution in [-0.2, 0) is 0 Å². The second kappa shape index (κ2) is 10.9. The predicted octanol–water partition coefficient (Wildman–Crippen LogP) is 1.92. The molecule has 1 aliphatic heterocycles. The highest BCUT2D eigenvalue weighted by atomic mass is 15.1. The standard InChI is InChI=1S/C5H11N.C3H9N.C2H6/c1-6-4-2-3-5-6;1-4(2)3;1-2/h2-5H2,1H3;1-3H3;1-2H3. The topological polar surface area (TPSA) is 6.48 Å². The van der Waals surface area contributed by atoms with Crippen molar-refractivity contribution in [3.63, 3.8) is 0 Å². The van der Waals surface area contributed by atoms with Crippen LogP contribution < -0.4 is 0 Å². The molecule has 12 heavy (non-hydrogen) atoms. The van der Waals surface area contributed by atoms with E-state index in [-0.39, 0.29) is 0 Å². The van der Waals surface area contributed by atoms with E-state index in [1.807, 2.05) is 39.9 Å². The van der Waals surface area contributed by atoms with Crippen molar-refractivity contribution >= 4 is 0 Å². The highest BCUT2D eigenvalue weighted by Gasteiger charge is 2.03. The van der Waals surface area contributed by atoms with Crippen molar-refractivity contribution in [1.82, 2.24) is 9.80 Å². The Bertz CT molecular complexity index is 63.5. The van der Waals surface area contributed by atoms with Crippen LogP contribution in [0.15, 0.2) is 0 Å². The average molecular weight is 174 g/mol. The highest BCUT2D eigenvalue weighted by molar-refractivity contribution is 4.59. The van der Waals surface area contributed by atoms with Crippen LogP contribution in [0, 0.1) is 0 Å². The van der Waals surface area contributed by atoms with Gasteiger partial charge in [-0.3, -0.25) is 0 Å². The molecule has 0 N–H and O–H groups in total. The Morgan fingerprint density at radius 1 is 0.917 bits per heavy atom. The van der Waals surface area contributed by atoms with Gasteiger partial charge >= 0.3 is 0 Å². The second-order valence-corrected chi connectivity index (χ2v) is 3.35. The van der Waals surface area contributed by atoms with Crippen molar-refractivity contribution in [3.8, 4) is 0 Å². The molecule has 76 valence electrons. The molecule has 0 saturated carbocycles. The van der Waals surface area contributed by atoms with Gasteiger partial charge in [-0.25, -0.2) is 0 Å². The van der Waals surface area contributed by atoms with Crippen molar-refractivity contribution in [3.05, 3.63) is 0 Å². The molecule has 0 amide bonds. The molecule has 1 rings (SSSR count). The van der Waals surface area contributed by atoms with E-state index in [1.165, 1.54) is 25.9 Å². The zero-order chi connectivity index (χ0) is 9.98. The van der Waals surface area contributed by atoms with E-state index < -0.39 is 0 Å². The number of likely N-dealkylation sites (tertiary alicyclic amines) is 1. The van der Waals surface area contributed by atoms with Crippen LogP contribution in [0.5, 0.6) is 0 Å². The van der Waals surface area contributed by atoms with Gasteiger partial charge in [-0.1, -0.05) is 13.8 Å². The summed E-state index contributed by atoms with van der Waals surface area (Å²) in [6.07, 6.45) is 2.83. The first-order valence-corrected chi connectivity index (χ1v) is 4.92. The molecule has 2 heteroatoms. The van der Waals surface area contributed by atoms with Gasteiger partial charge < -0.3 is 9.80 Å². The summed E-state index contributed by atoms with van der Waals surface area (Å²) in [5.41, 5.74) is 0. The Labute approximate surface area is 78.5 Å². The van der Waals surface area contributed by atoms with Crippen LogP contribution in [0.2, 0.25) is 0 Å². The number of hydrogen-bond acceptors (Lipinski definition) is 2. The lowest BCUT2D eigenvalue weighted by Crippen LogP contribution is -2.10. The van der Waals surface area contributed by atoms with E-state index in [0.717, 1.165) is 0 Å². The lowest BCUT2D eigenvalue weighted by molar-refractivity contribution is 0.418. The lowest BCUT2D eigenvalue weighted by atomic mass is 10.4. The van der Waals surface area contributed by atoms with Crippen molar-refractivity contribution in [2.24, 2.45) is 0 Å². The maximum Gasteiger partial charge on any atom is -0.00213 e. The smallest absolute Gasteiger partial charge is 0.00213 e. The summed E-state index contributed by atoms with van der Waals surface area (Å²) in [5.74, 6) is 0. The van der Waals surface area contributed by atoms with Crippen molar-refractivity contribution in [1.29, 1.82) is 0 Å². The quantitative estimate of drug-likeness (QED) is 0.553. The van der Waals surface area contributed by atoms with E-state index >= 15 is 0 Å². The zero-order valence-electron chi connectivity index (χ0n) is 9.72. The largest absolute Gasteiger partial charge is 0.312 e. The maximum atomic E-state index is 2.36. The van der Waals surface area contributed by atoms with Crippen LogP contribution in [0.3, 0.4) is 0 Å². The van der Waals surface area contributed by atoms with E-state index in [4.69, 9.17) is 0 Å². The Kier molecular flexibility index (Phi) is 13.1. The van der Waals surface area contributed by atoms with Gasteiger partial charge in [0.15, 0.2) is 0 Å². The fourth-order valence-electron chi connectivity index (χ4n) is 0.875. The van der Waals surface area contributed by atoms with Crippen LogP contribution in [-0.4, -0.2) is 51.1 Å². The molecule has 1 fully saturated rings. The van der Waals surface area contributed by atoms with Gasteiger partial charge in [0.2, 0.25) is 0 Å². The first-order chi connectivity index (χ1) is 5.63. The Morgan fingerprint density at radius 3 is 1.25 bits per heavy atom. The minimum atomic E-state index is 1.32. The lowest BCUT2D eigenvalue weighted by Gasteiger charge is -2.01. The molecule has 1 aliphatic rings. The van der Waals surface area contributed by atoms with E-state index in [0.29, 0.717) is 0 Å². The molecule has 0 atom stereocenters. The molecule has 0 radical (unpaired) electrons. The third kappa shape index (κ3) is 16.5. The fraction of sp³-hybridized carbons (Fsp3) is 1.00. The number of rotatable bonds is 0. The number of hydrogen-bond donors (Lipinski definition) is 0. The number of nitrogens with zero attached hydrogens (tertiary/aromatic N) is 2. The van der Waals surface area contributed by atoms with Crippen molar-refractivity contribution in [2.45, 2.75) is 26.7 Å². The molecule has 0 aromatic heterocycles. The molecular weight excluding hydrogens is 148 g/mol. The first kappa shape index (κ1) is 14.4. The Hall–Kier alpha value is -0.0800. The minimum Gasteiger partial charge on any atom is -0.312 e. The van der Waals surface area contributed by atoms with Crippen molar-refractivity contribution in [2.75, 3.05) is 41.3 Å². The monoisotopic (exact) mass is 174 g/mol. The fourth-order valence-corrected chi connectivity index (χ4v) is 0.875. The molecule has 1 heterocycles. The molecule has 0 spiro atoms. The molecule has 0 aliphatic carbocycles. The van der Waals surface area contributed by atoms with Crippen molar-refractivity contribution < 1.29 is 0 Å². The third-order valence-corrected chi connectivity index (χ3v) is 1.33. The zero-order valence-corrected chi connectivity index (χ0v) is 9.72. The summed E-state index contributed by atoms with van der Waals surface area (Å²) in [6.45, 7) is 6.64. The summed E-state index contributed by atoms with van der Waals surface area (Å²) in [4.78, 5) is 4.36. The normalized spacial score (nSPS) is 16.2. The van der Waals surface area contributed by atoms with Crippen LogP contribution in [0.25, 0.3) is 0 Å². The van der Waals surface area contributed by atoms with Crippen LogP contribution >= 0.6 is 0 Å². The molecule has 0 bridgehead atoms. The summed E-state index contributed by atoms with van der Waals surface area (Å²) < 4.78 is 0. The Balaban J connectivity index is 0. The van der Waals surface area contributed by atoms with Gasteiger partial charge in [-0.2, -0.15) is 0 Å². The molecule has 0 aromatic rings. The van der Waals surface area contributed by atoms with E-state index in [9.17, 15) is 0 Å². The van der Waals surface area contributed by atoms with Gasteiger partial charge in [0.1, 0.15) is 0 Å². The van der Waals surface area contributed by atoms with Crippen LogP contribution in [0.1, 0.15) is 26.7 Å². The summed E-state index contributed by atoms with van der Waals surface area (Å²) in [6, 6.07) is 0. The maximum absolute atomic E-state index is 2.36. The molecule has 2 nitrogen and oxygen atoms in total. The third-order valence-electron chi connectivity index (χ3n) is 1.33. The Morgan fingerprint density at radius 2 is 1.17 bits per heavy atom. The summed E-state index contributed by atoms with van der Waals surface area (Å²) in [5, 5.41) is 0. The van der Waals surface area contributed by atoms with Gasteiger partial charge in [-0.15, -0.1) is 0 Å². The molecule has 1 saturated heterocycles. The van der Waals surface area contributed by atoms with Crippen LogP contribution in [0.4, 0.5) is 0 Å². The SMILES string of the molecule is CC.CN(C)C.CN1CCCC1. The van der Waals surface area contributed by atoms with Gasteiger partial charge in [-0.05, 0) is 54.1 Å². The molecule has 0 aromatic carbocycles. The summed E-state index contributed by atoms with van der Waals surface area (Å²) >= 11 is 0. The van der Waals surface area contributed by atoms with Gasteiger partial charge in [0.25, 0.3) is 0 Å².